The maximum Gasteiger partial charge on any atom is 0.0196 e. The summed E-state index contributed by atoms with van der Waals surface area (Å²) in [5.41, 5.74) is 16.7. The molecule has 0 heteroatoms. The van der Waals surface area contributed by atoms with Crippen LogP contribution in [0.2, 0.25) is 0 Å². The van der Waals surface area contributed by atoms with Crippen molar-refractivity contribution in [3.63, 3.8) is 0 Å². The largest absolute Gasteiger partial charge is 0.0955 e. The van der Waals surface area contributed by atoms with Crippen LogP contribution in [0.5, 0.6) is 0 Å². The topological polar surface area (TPSA) is 0 Å². The van der Waals surface area contributed by atoms with Gasteiger partial charge in [0.15, 0.2) is 0 Å². The van der Waals surface area contributed by atoms with Crippen LogP contribution in [0.25, 0.3) is 5.57 Å². The van der Waals surface area contributed by atoms with E-state index in [1.165, 1.54) is 55.7 Å². The molecule has 0 radical (unpaired) electrons. The molecule has 0 N–H and O–H groups in total. The van der Waals surface area contributed by atoms with Gasteiger partial charge < -0.3 is 0 Å². The summed E-state index contributed by atoms with van der Waals surface area (Å²) in [5, 5.41) is 0. The molecule has 0 amide bonds. The molecule has 4 rings (SSSR count). The Labute approximate surface area is 235 Å². The van der Waals surface area contributed by atoms with Crippen LogP contribution in [-0.2, 0) is 5.41 Å². The van der Waals surface area contributed by atoms with Gasteiger partial charge in [-0.1, -0.05) is 112 Å². The first kappa shape index (κ1) is 28.9. The Morgan fingerprint density at radius 2 is 1.58 bits per heavy atom. The van der Waals surface area contributed by atoms with Crippen molar-refractivity contribution in [1.29, 1.82) is 0 Å². The van der Waals surface area contributed by atoms with Crippen molar-refractivity contribution < 1.29 is 0 Å². The maximum atomic E-state index is 4.96. The highest BCUT2D eigenvalue weighted by molar-refractivity contribution is 5.88. The Balaban J connectivity index is 2.17. The summed E-state index contributed by atoms with van der Waals surface area (Å²) in [6, 6.07) is 2.54. The molecule has 0 unspecified atom stereocenters. The Hall–Kier alpha value is -2.08. The molecule has 0 fully saturated rings. The fourth-order valence-electron chi connectivity index (χ4n) is 9.57. The van der Waals surface area contributed by atoms with Gasteiger partial charge in [0.1, 0.15) is 0 Å². The quantitative estimate of drug-likeness (QED) is 0.371. The standard InChI is InChI=1S/C38H54/c1-20(2)29-18-30(35(12,13)14)23(6)32-24(7)34-27(10)38(17)26(9)31(21(3)4)22(5)19-36(38,15)28(11)37(34,16)25(8)33(29)32/h18,20,25,28H,3,7,9,19H2,1-2,4-6,8,10-17H3/t25-,28+,36+,37-,38-/m1/s1. The zero-order chi connectivity index (χ0) is 29.1. The van der Waals surface area contributed by atoms with E-state index in [1.807, 2.05) is 0 Å². The van der Waals surface area contributed by atoms with E-state index in [0.29, 0.717) is 17.8 Å². The molecule has 5 atom stereocenters. The number of fused-ring (bicyclic) bond motifs is 3. The molecule has 38 heavy (non-hydrogen) atoms. The molecular formula is C38H54. The first-order valence-corrected chi connectivity index (χ1v) is 14.8. The number of rotatable bonds is 2. The molecule has 0 spiro atoms. The number of hydrogen-bond donors (Lipinski definition) is 0. The van der Waals surface area contributed by atoms with E-state index in [1.54, 1.807) is 5.56 Å². The van der Waals surface area contributed by atoms with Crippen LogP contribution in [-0.4, -0.2) is 0 Å². The monoisotopic (exact) mass is 510 g/mol. The number of allylic oxidation sites excluding steroid dienone is 7. The summed E-state index contributed by atoms with van der Waals surface area (Å²) in [7, 11) is 0. The fraction of sp³-hybridized carbons (Fsp3) is 0.579. The third-order valence-electron chi connectivity index (χ3n) is 12.1. The molecule has 0 bridgehead atoms. The minimum Gasteiger partial charge on any atom is -0.0955 e. The minimum absolute atomic E-state index is 0.0109. The molecule has 1 aromatic rings. The first-order chi connectivity index (χ1) is 17.2. The molecule has 206 valence electrons. The Morgan fingerprint density at radius 1 is 1.03 bits per heavy atom. The predicted molar refractivity (Wildman–Crippen MR) is 169 cm³/mol. The van der Waals surface area contributed by atoms with Crippen molar-refractivity contribution in [2.45, 2.75) is 121 Å². The number of hydrogen-bond acceptors (Lipinski definition) is 0. The number of benzene rings is 1. The van der Waals surface area contributed by atoms with Crippen LogP contribution < -0.4 is 0 Å². The van der Waals surface area contributed by atoms with Crippen LogP contribution in [0.3, 0.4) is 0 Å². The molecule has 0 saturated heterocycles. The summed E-state index contributed by atoms with van der Waals surface area (Å²) >= 11 is 0. The average molecular weight is 511 g/mol. The SMILES string of the molecule is C=C(C)C1=C(C)C[C@@]2(C)[C@H](C)[C@]3(C)C(=C(C)[C@@]2(C)C1=C)C(=C)c1c(C)c(C(C)(C)C)cc(C(C)C)c1[C@H]3C. The highest BCUT2D eigenvalue weighted by atomic mass is 14.7. The second-order valence-corrected chi connectivity index (χ2v) is 15.2. The molecule has 0 aliphatic heterocycles. The van der Waals surface area contributed by atoms with Crippen LogP contribution in [0.15, 0.2) is 59.2 Å². The molecular weight excluding hydrogens is 456 g/mol. The van der Waals surface area contributed by atoms with E-state index in [9.17, 15) is 0 Å². The molecule has 0 nitrogen and oxygen atoms in total. The highest BCUT2D eigenvalue weighted by Gasteiger charge is 2.65. The van der Waals surface area contributed by atoms with Gasteiger partial charge in [0.2, 0.25) is 0 Å². The lowest BCUT2D eigenvalue weighted by Crippen LogP contribution is -2.58. The second kappa shape index (κ2) is 8.46. The van der Waals surface area contributed by atoms with E-state index < -0.39 is 0 Å². The smallest absolute Gasteiger partial charge is 0.0196 e. The molecule has 1 aromatic carbocycles. The van der Waals surface area contributed by atoms with Crippen molar-refractivity contribution in [1.82, 2.24) is 0 Å². The van der Waals surface area contributed by atoms with Gasteiger partial charge in [-0.3, -0.25) is 0 Å². The second-order valence-electron chi connectivity index (χ2n) is 15.2. The van der Waals surface area contributed by atoms with Gasteiger partial charge >= 0.3 is 0 Å². The van der Waals surface area contributed by atoms with Crippen LogP contribution in [0, 0.1) is 29.1 Å². The van der Waals surface area contributed by atoms with E-state index in [0.717, 1.165) is 12.0 Å². The molecule has 3 aliphatic carbocycles. The minimum atomic E-state index is -0.147. The fourth-order valence-corrected chi connectivity index (χ4v) is 9.57. The van der Waals surface area contributed by atoms with Crippen molar-refractivity contribution in [2.75, 3.05) is 0 Å². The molecule has 0 heterocycles. The van der Waals surface area contributed by atoms with Gasteiger partial charge in [0.25, 0.3) is 0 Å². The van der Waals surface area contributed by atoms with Crippen molar-refractivity contribution in [2.24, 2.45) is 22.2 Å². The van der Waals surface area contributed by atoms with Crippen LogP contribution >= 0.6 is 0 Å². The average Bonchev–Trinajstić information content (AvgIpc) is 2.78. The lowest BCUT2D eigenvalue weighted by molar-refractivity contribution is -0.0262. The lowest BCUT2D eigenvalue weighted by Gasteiger charge is -2.67. The predicted octanol–water partition coefficient (Wildman–Crippen LogP) is 11.4. The van der Waals surface area contributed by atoms with Gasteiger partial charge in [-0.15, -0.1) is 0 Å². The zero-order valence-electron chi connectivity index (χ0n) is 27.1. The normalized spacial score (nSPS) is 33.4. The maximum absolute atomic E-state index is 4.96. The van der Waals surface area contributed by atoms with Crippen molar-refractivity contribution in [3.8, 4) is 0 Å². The van der Waals surface area contributed by atoms with E-state index >= 15 is 0 Å². The molecule has 0 aromatic heterocycles. The molecule has 3 aliphatic rings. The highest BCUT2D eigenvalue weighted by Crippen LogP contribution is 2.74. The van der Waals surface area contributed by atoms with Gasteiger partial charge in [0, 0.05) is 10.8 Å². The van der Waals surface area contributed by atoms with Crippen molar-refractivity contribution >= 4 is 5.57 Å². The van der Waals surface area contributed by atoms with Gasteiger partial charge in [-0.25, -0.2) is 0 Å². The lowest BCUT2D eigenvalue weighted by atomic mass is 9.36. The zero-order valence-corrected chi connectivity index (χ0v) is 27.1. The van der Waals surface area contributed by atoms with Gasteiger partial charge in [-0.05, 0) is 113 Å². The summed E-state index contributed by atoms with van der Waals surface area (Å²) in [5.74, 6) is 1.31. The van der Waals surface area contributed by atoms with Crippen molar-refractivity contribution in [3.05, 3.63) is 87.1 Å². The van der Waals surface area contributed by atoms with Crippen LogP contribution in [0.4, 0.5) is 0 Å². The van der Waals surface area contributed by atoms with Crippen LogP contribution in [0.1, 0.15) is 136 Å². The summed E-state index contributed by atoms with van der Waals surface area (Å²) in [4.78, 5) is 0. The third-order valence-corrected chi connectivity index (χ3v) is 12.1. The van der Waals surface area contributed by atoms with E-state index in [-0.39, 0.29) is 21.7 Å². The summed E-state index contributed by atoms with van der Waals surface area (Å²) in [6.45, 7) is 47.8. The summed E-state index contributed by atoms with van der Waals surface area (Å²) < 4.78 is 0. The Kier molecular flexibility index (Phi) is 6.44. The first-order valence-electron chi connectivity index (χ1n) is 14.8. The Morgan fingerprint density at radius 3 is 2.05 bits per heavy atom. The van der Waals surface area contributed by atoms with E-state index in [2.05, 4.69) is 110 Å². The third kappa shape index (κ3) is 3.28. The molecule has 0 saturated carbocycles. The van der Waals surface area contributed by atoms with E-state index in [4.69, 9.17) is 13.2 Å². The Bertz CT molecular complexity index is 1350. The summed E-state index contributed by atoms with van der Waals surface area (Å²) in [6.07, 6.45) is 1.08. The van der Waals surface area contributed by atoms with Gasteiger partial charge in [-0.2, -0.15) is 0 Å². The van der Waals surface area contributed by atoms with Gasteiger partial charge in [0.05, 0.1) is 0 Å².